The van der Waals surface area contributed by atoms with Crippen molar-refractivity contribution >= 4 is 5.69 Å². The van der Waals surface area contributed by atoms with E-state index >= 15 is 0 Å². The number of likely N-dealkylation sites (tertiary alicyclic amines) is 1. The number of nitrogens with one attached hydrogen (secondary N) is 1. The van der Waals surface area contributed by atoms with Crippen LogP contribution in [0, 0.1) is 23.0 Å². The molecule has 0 aliphatic carbocycles. The average Bonchev–Trinajstić information content (AvgIpc) is 2.92. The van der Waals surface area contributed by atoms with Gasteiger partial charge in [-0.1, -0.05) is 0 Å². The fourth-order valence-electron chi connectivity index (χ4n) is 2.30. The molecule has 1 heterocycles. The van der Waals surface area contributed by atoms with E-state index in [1.165, 1.54) is 25.0 Å². The molecule has 0 spiro atoms. The molecule has 0 atom stereocenters. The molecule has 0 unspecified atom stereocenters. The monoisotopic (exact) mass is 265 g/mol. The number of benzene rings is 1. The Morgan fingerprint density at radius 2 is 1.95 bits per heavy atom. The lowest BCUT2D eigenvalue weighted by atomic mass is 10.2. The van der Waals surface area contributed by atoms with Gasteiger partial charge in [0.2, 0.25) is 0 Å². The number of rotatable bonds is 5. The van der Waals surface area contributed by atoms with Gasteiger partial charge < -0.3 is 10.2 Å². The van der Waals surface area contributed by atoms with Gasteiger partial charge in [-0.15, -0.1) is 0 Å². The van der Waals surface area contributed by atoms with Crippen molar-refractivity contribution in [2.75, 3.05) is 31.5 Å². The van der Waals surface area contributed by atoms with Gasteiger partial charge in [-0.2, -0.15) is 5.26 Å². The van der Waals surface area contributed by atoms with E-state index in [4.69, 9.17) is 5.26 Å². The van der Waals surface area contributed by atoms with E-state index in [2.05, 4.69) is 10.2 Å². The van der Waals surface area contributed by atoms with Crippen LogP contribution in [0.25, 0.3) is 0 Å². The molecule has 0 bridgehead atoms. The molecule has 0 amide bonds. The maximum Gasteiger partial charge on any atom is 0.183 e. The average molecular weight is 265 g/mol. The van der Waals surface area contributed by atoms with Crippen LogP contribution in [0.15, 0.2) is 12.1 Å². The third kappa shape index (κ3) is 3.42. The minimum absolute atomic E-state index is 0.123. The summed E-state index contributed by atoms with van der Waals surface area (Å²) in [4.78, 5) is 2.37. The first-order valence-corrected chi connectivity index (χ1v) is 6.56. The number of nitriles is 1. The van der Waals surface area contributed by atoms with Crippen molar-refractivity contribution < 1.29 is 8.78 Å². The first-order valence-electron chi connectivity index (χ1n) is 6.56. The zero-order valence-corrected chi connectivity index (χ0v) is 10.8. The minimum Gasteiger partial charge on any atom is -0.383 e. The summed E-state index contributed by atoms with van der Waals surface area (Å²) < 4.78 is 26.9. The van der Waals surface area contributed by atoms with Crippen molar-refractivity contribution in [3.8, 4) is 6.07 Å². The summed E-state index contributed by atoms with van der Waals surface area (Å²) in [6, 6.07) is 4.32. The van der Waals surface area contributed by atoms with Crippen molar-refractivity contribution in [2.24, 2.45) is 0 Å². The molecule has 1 aromatic rings. The normalized spacial score (nSPS) is 15.4. The van der Waals surface area contributed by atoms with E-state index in [-0.39, 0.29) is 11.3 Å². The summed E-state index contributed by atoms with van der Waals surface area (Å²) in [6.07, 6.45) is 3.40. The second kappa shape index (κ2) is 6.48. The number of hydrogen-bond acceptors (Lipinski definition) is 3. The molecule has 19 heavy (non-hydrogen) atoms. The van der Waals surface area contributed by atoms with Crippen LogP contribution in [-0.4, -0.2) is 31.1 Å². The van der Waals surface area contributed by atoms with Gasteiger partial charge in [0.25, 0.3) is 0 Å². The van der Waals surface area contributed by atoms with Gasteiger partial charge in [-0.25, -0.2) is 8.78 Å². The van der Waals surface area contributed by atoms with Crippen molar-refractivity contribution in [3.63, 3.8) is 0 Å². The van der Waals surface area contributed by atoms with E-state index in [0.29, 0.717) is 6.54 Å². The molecule has 0 radical (unpaired) electrons. The second-order valence-electron chi connectivity index (χ2n) is 4.73. The molecular formula is C14H17F2N3. The van der Waals surface area contributed by atoms with E-state index < -0.39 is 11.6 Å². The summed E-state index contributed by atoms with van der Waals surface area (Å²) in [5, 5.41) is 11.5. The van der Waals surface area contributed by atoms with Gasteiger partial charge in [0.05, 0.1) is 11.3 Å². The van der Waals surface area contributed by atoms with Crippen LogP contribution < -0.4 is 5.32 Å². The lowest BCUT2D eigenvalue weighted by Crippen LogP contribution is -2.22. The summed E-state index contributed by atoms with van der Waals surface area (Å²) in [5.74, 6) is -2.05. The van der Waals surface area contributed by atoms with Gasteiger partial charge in [-0.3, -0.25) is 0 Å². The molecule has 3 nitrogen and oxygen atoms in total. The number of anilines is 1. The van der Waals surface area contributed by atoms with Crippen LogP contribution >= 0.6 is 0 Å². The number of hydrogen-bond donors (Lipinski definition) is 1. The van der Waals surface area contributed by atoms with Crippen molar-refractivity contribution in [3.05, 3.63) is 29.3 Å². The topological polar surface area (TPSA) is 39.1 Å². The van der Waals surface area contributed by atoms with Gasteiger partial charge in [-0.05, 0) is 51.0 Å². The smallest absolute Gasteiger partial charge is 0.183 e. The fourth-order valence-corrected chi connectivity index (χ4v) is 2.30. The van der Waals surface area contributed by atoms with Gasteiger partial charge in [0.1, 0.15) is 6.07 Å². The maximum atomic E-state index is 13.6. The molecule has 0 aromatic heterocycles. The molecule has 1 saturated heterocycles. The molecular weight excluding hydrogens is 248 g/mol. The highest BCUT2D eigenvalue weighted by molar-refractivity contribution is 5.49. The lowest BCUT2D eigenvalue weighted by molar-refractivity contribution is 0.337. The third-order valence-corrected chi connectivity index (χ3v) is 3.37. The molecule has 102 valence electrons. The van der Waals surface area contributed by atoms with Crippen LogP contribution in [0.4, 0.5) is 14.5 Å². The van der Waals surface area contributed by atoms with E-state index in [1.54, 1.807) is 6.07 Å². The van der Waals surface area contributed by atoms with Crippen molar-refractivity contribution in [1.82, 2.24) is 4.90 Å². The van der Waals surface area contributed by atoms with E-state index in [0.717, 1.165) is 26.1 Å². The molecule has 2 rings (SSSR count). The van der Waals surface area contributed by atoms with Gasteiger partial charge in [0, 0.05) is 6.54 Å². The van der Waals surface area contributed by atoms with Gasteiger partial charge in [0.15, 0.2) is 11.6 Å². The predicted molar refractivity (Wildman–Crippen MR) is 69.9 cm³/mol. The van der Waals surface area contributed by atoms with Crippen molar-refractivity contribution in [2.45, 2.75) is 19.3 Å². The lowest BCUT2D eigenvalue weighted by Gasteiger charge is -2.15. The van der Waals surface area contributed by atoms with Crippen LogP contribution in [-0.2, 0) is 0 Å². The Bertz CT molecular complexity index is 476. The molecule has 1 fully saturated rings. The highest BCUT2D eigenvalue weighted by Gasteiger charge is 2.13. The Morgan fingerprint density at radius 3 is 2.63 bits per heavy atom. The molecule has 1 N–H and O–H groups in total. The predicted octanol–water partition coefficient (Wildman–Crippen LogP) is 2.73. The van der Waals surface area contributed by atoms with E-state index in [9.17, 15) is 8.78 Å². The Balaban J connectivity index is 1.82. The summed E-state index contributed by atoms with van der Waals surface area (Å²) in [6.45, 7) is 3.85. The Labute approximate surface area is 111 Å². The first-order chi connectivity index (χ1) is 9.22. The van der Waals surface area contributed by atoms with Crippen molar-refractivity contribution in [1.29, 1.82) is 5.26 Å². The molecule has 1 aromatic carbocycles. The van der Waals surface area contributed by atoms with Gasteiger partial charge >= 0.3 is 0 Å². The second-order valence-corrected chi connectivity index (χ2v) is 4.73. The summed E-state index contributed by atoms with van der Waals surface area (Å²) >= 11 is 0. The van der Waals surface area contributed by atoms with Crippen LogP contribution in [0.2, 0.25) is 0 Å². The van der Waals surface area contributed by atoms with Crippen LogP contribution in [0.1, 0.15) is 24.8 Å². The highest BCUT2D eigenvalue weighted by atomic mass is 19.2. The summed E-state index contributed by atoms with van der Waals surface area (Å²) in [7, 11) is 0. The van der Waals surface area contributed by atoms with Crippen LogP contribution in [0.3, 0.4) is 0 Å². The zero-order valence-electron chi connectivity index (χ0n) is 10.8. The summed E-state index contributed by atoms with van der Waals surface area (Å²) in [5.41, 5.74) is -0.141. The Morgan fingerprint density at radius 1 is 1.21 bits per heavy atom. The van der Waals surface area contributed by atoms with Crippen LogP contribution in [0.5, 0.6) is 0 Å². The SMILES string of the molecule is N#Cc1ccc(NCCCN2CCCC2)c(F)c1F. The number of halogens is 2. The first kappa shape index (κ1) is 13.8. The molecule has 5 heteroatoms. The molecule has 1 aliphatic rings. The largest absolute Gasteiger partial charge is 0.383 e. The quantitative estimate of drug-likeness (QED) is 0.832. The standard InChI is InChI=1S/C14H17F2N3/c15-13-11(10-17)4-5-12(14(13)16)18-6-3-9-19-7-1-2-8-19/h4-5,18H,1-3,6-9H2. The fraction of sp³-hybridized carbons (Fsp3) is 0.500. The third-order valence-electron chi connectivity index (χ3n) is 3.37. The maximum absolute atomic E-state index is 13.6. The molecule has 1 aliphatic heterocycles. The Kier molecular flexibility index (Phi) is 4.69. The Hall–Kier alpha value is -1.67. The highest BCUT2D eigenvalue weighted by Crippen LogP contribution is 2.20. The van der Waals surface area contributed by atoms with E-state index in [1.807, 2.05) is 0 Å². The minimum atomic E-state index is -1.08. The zero-order chi connectivity index (χ0) is 13.7. The molecule has 0 saturated carbocycles. The number of nitrogens with zero attached hydrogens (tertiary/aromatic N) is 2.